The summed E-state index contributed by atoms with van der Waals surface area (Å²) in [5.74, 6) is 0.0395. The quantitative estimate of drug-likeness (QED) is 0.883. The molecule has 0 unspecified atom stereocenters. The Kier molecular flexibility index (Phi) is 4.93. The van der Waals surface area contributed by atoms with E-state index in [2.05, 4.69) is 0 Å². The minimum absolute atomic E-state index is 0.0395. The maximum atomic E-state index is 12.3. The van der Waals surface area contributed by atoms with Gasteiger partial charge in [-0.25, -0.2) is 8.42 Å². The number of nitrogens with zero attached hydrogens (tertiary/aromatic N) is 1. The fourth-order valence-electron chi connectivity index (χ4n) is 2.07. The van der Waals surface area contributed by atoms with Gasteiger partial charge in [0.1, 0.15) is 0 Å². The molecule has 1 saturated heterocycles. The van der Waals surface area contributed by atoms with Gasteiger partial charge in [-0.05, 0) is 17.5 Å². The fourth-order valence-corrected chi connectivity index (χ4v) is 3.63. The molecule has 0 aliphatic carbocycles. The van der Waals surface area contributed by atoms with Gasteiger partial charge in [0.2, 0.25) is 10.0 Å². The van der Waals surface area contributed by atoms with Crippen molar-refractivity contribution < 1.29 is 13.2 Å². The van der Waals surface area contributed by atoms with Crippen LogP contribution < -0.4 is 5.73 Å². The lowest BCUT2D eigenvalue weighted by Gasteiger charge is -2.19. The molecule has 19 heavy (non-hydrogen) atoms. The third-order valence-corrected chi connectivity index (χ3v) is 5.03. The lowest BCUT2D eigenvalue weighted by molar-refractivity contribution is 0.148. The summed E-state index contributed by atoms with van der Waals surface area (Å²) < 4.78 is 31.4. The van der Waals surface area contributed by atoms with Gasteiger partial charge in [-0.15, -0.1) is 0 Å². The Bertz CT molecular complexity index is 491. The van der Waals surface area contributed by atoms with E-state index >= 15 is 0 Å². The molecule has 0 spiro atoms. The van der Waals surface area contributed by atoms with Gasteiger partial charge in [0, 0.05) is 26.2 Å². The molecule has 0 atom stereocenters. The Morgan fingerprint density at radius 3 is 2.47 bits per heavy atom. The first kappa shape index (κ1) is 14.5. The topological polar surface area (TPSA) is 72.6 Å². The minimum atomic E-state index is -3.26. The number of nitrogens with two attached hydrogens (primary N) is 1. The summed E-state index contributed by atoms with van der Waals surface area (Å²) in [4.78, 5) is 0. The highest BCUT2D eigenvalue weighted by Crippen LogP contribution is 2.13. The SMILES string of the molecule is NCc1ccc(CS(=O)(=O)N2CCCOCC2)cc1. The van der Waals surface area contributed by atoms with Crippen LogP contribution in [0, 0.1) is 0 Å². The van der Waals surface area contributed by atoms with Gasteiger partial charge in [0.15, 0.2) is 0 Å². The van der Waals surface area contributed by atoms with Gasteiger partial charge < -0.3 is 10.5 Å². The first-order chi connectivity index (χ1) is 9.12. The Balaban J connectivity index is 2.06. The van der Waals surface area contributed by atoms with Crippen molar-refractivity contribution in [1.29, 1.82) is 0 Å². The van der Waals surface area contributed by atoms with E-state index in [-0.39, 0.29) is 5.75 Å². The fraction of sp³-hybridized carbons (Fsp3) is 0.538. The second kappa shape index (κ2) is 6.47. The molecule has 0 radical (unpaired) electrons. The Morgan fingerprint density at radius 2 is 1.79 bits per heavy atom. The molecule has 1 aromatic carbocycles. The van der Waals surface area contributed by atoms with Crippen LogP contribution in [-0.4, -0.2) is 39.0 Å². The Labute approximate surface area is 114 Å². The second-order valence-electron chi connectivity index (χ2n) is 4.64. The molecule has 1 aliphatic heterocycles. The smallest absolute Gasteiger partial charge is 0.218 e. The van der Waals surface area contributed by atoms with Crippen molar-refractivity contribution in [2.45, 2.75) is 18.7 Å². The van der Waals surface area contributed by atoms with E-state index < -0.39 is 10.0 Å². The Hall–Kier alpha value is -0.950. The van der Waals surface area contributed by atoms with Crippen molar-refractivity contribution in [1.82, 2.24) is 4.31 Å². The van der Waals surface area contributed by atoms with E-state index in [1.807, 2.05) is 24.3 Å². The number of sulfonamides is 1. The predicted octanol–water partition coefficient (Wildman–Crippen LogP) is 0.697. The van der Waals surface area contributed by atoms with Crippen LogP contribution in [0.4, 0.5) is 0 Å². The van der Waals surface area contributed by atoms with E-state index in [0.29, 0.717) is 32.8 Å². The third kappa shape index (κ3) is 4.01. The molecule has 0 amide bonds. The van der Waals surface area contributed by atoms with Crippen molar-refractivity contribution in [2.24, 2.45) is 5.73 Å². The molecule has 6 heteroatoms. The maximum absolute atomic E-state index is 12.3. The first-order valence-corrected chi connectivity index (χ1v) is 8.06. The molecular weight excluding hydrogens is 264 g/mol. The zero-order chi connectivity index (χ0) is 13.7. The number of hydrogen-bond donors (Lipinski definition) is 1. The highest BCUT2D eigenvalue weighted by Gasteiger charge is 2.23. The highest BCUT2D eigenvalue weighted by atomic mass is 32.2. The second-order valence-corrected chi connectivity index (χ2v) is 6.61. The van der Waals surface area contributed by atoms with Crippen LogP contribution in [0.2, 0.25) is 0 Å². The van der Waals surface area contributed by atoms with Crippen LogP contribution in [0.3, 0.4) is 0 Å². The summed E-state index contributed by atoms with van der Waals surface area (Å²) in [5, 5.41) is 0. The van der Waals surface area contributed by atoms with Crippen LogP contribution >= 0.6 is 0 Å². The van der Waals surface area contributed by atoms with Crippen LogP contribution in [0.1, 0.15) is 17.5 Å². The zero-order valence-electron chi connectivity index (χ0n) is 10.9. The normalized spacial score (nSPS) is 18.2. The van der Waals surface area contributed by atoms with E-state index in [0.717, 1.165) is 17.5 Å². The predicted molar refractivity (Wildman–Crippen MR) is 74.0 cm³/mol. The van der Waals surface area contributed by atoms with Crippen molar-refractivity contribution in [3.8, 4) is 0 Å². The molecule has 0 aromatic heterocycles. The van der Waals surface area contributed by atoms with Gasteiger partial charge >= 0.3 is 0 Å². The minimum Gasteiger partial charge on any atom is -0.380 e. The summed E-state index contributed by atoms with van der Waals surface area (Å²) >= 11 is 0. The van der Waals surface area contributed by atoms with Crippen molar-refractivity contribution >= 4 is 10.0 Å². The van der Waals surface area contributed by atoms with Crippen LogP contribution in [0.5, 0.6) is 0 Å². The number of hydrogen-bond acceptors (Lipinski definition) is 4. The van der Waals surface area contributed by atoms with Gasteiger partial charge in [-0.1, -0.05) is 24.3 Å². The molecule has 2 rings (SSSR count). The third-order valence-electron chi connectivity index (χ3n) is 3.18. The standard InChI is InChI=1S/C13H20N2O3S/c14-10-12-2-4-13(5-3-12)11-19(16,17)15-6-1-8-18-9-7-15/h2-5H,1,6-11,14H2. The number of benzene rings is 1. The molecule has 1 aromatic rings. The van der Waals surface area contributed by atoms with Crippen LogP contribution in [0.15, 0.2) is 24.3 Å². The molecule has 5 nitrogen and oxygen atoms in total. The summed E-state index contributed by atoms with van der Waals surface area (Å²) in [6.07, 6.45) is 0.755. The first-order valence-electron chi connectivity index (χ1n) is 6.45. The summed E-state index contributed by atoms with van der Waals surface area (Å²) in [5.41, 5.74) is 7.32. The lowest BCUT2D eigenvalue weighted by atomic mass is 10.1. The van der Waals surface area contributed by atoms with E-state index in [9.17, 15) is 8.42 Å². The van der Waals surface area contributed by atoms with Crippen LogP contribution in [-0.2, 0) is 27.1 Å². The summed E-state index contributed by atoms with van der Waals surface area (Å²) in [7, 11) is -3.26. The highest BCUT2D eigenvalue weighted by molar-refractivity contribution is 7.88. The monoisotopic (exact) mass is 284 g/mol. The zero-order valence-corrected chi connectivity index (χ0v) is 11.7. The molecular formula is C13H20N2O3S. The van der Waals surface area contributed by atoms with Gasteiger partial charge in [-0.3, -0.25) is 0 Å². The molecule has 0 saturated carbocycles. The molecule has 0 bridgehead atoms. The average Bonchev–Trinajstić information content (AvgIpc) is 2.68. The molecule has 106 valence electrons. The summed E-state index contributed by atoms with van der Waals surface area (Å²) in [6, 6.07) is 7.40. The van der Waals surface area contributed by atoms with Crippen molar-refractivity contribution in [2.75, 3.05) is 26.3 Å². The van der Waals surface area contributed by atoms with Crippen LogP contribution in [0.25, 0.3) is 0 Å². The van der Waals surface area contributed by atoms with Gasteiger partial charge in [-0.2, -0.15) is 4.31 Å². The lowest BCUT2D eigenvalue weighted by Crippen LogP contribution is -2.34. The van der Waals surface area contributed by atoms with Crippen molar-refractivity contribution in [3.63, 3.8) is 0 Å². The van der Waals surface area contributed by atoms with Gasteiger partial charge in [0.05, 0.1) is 12.4 Å². The average molecular weight is 284 g/mol. The van der Waals surface area contributed by atoms with E-state index in [1.165, 1.54) is 4.31 Å². The van der Waals surface area contributed by atoms with Gasteiger partial charge in [0.25, 0.3) is 0 Å². The number of rotatable bonds is 4. The molecule has 1 aliphatic rings. The number of ether oxygens (including phenoxy) is 1. The molecule has 1 heterocycles. The molecule has 1 fully saturated rings. The summed E-state index contributed by atoms with van der Waals surface area (Å²) in [6.45, 7) is 2.57. The maximum Gasteiger partial charge on any atom is 0.218 e. The van der Waals surface area contributed by atoms with Crippen molar-refractivity contribution in [3.05, 3.63) is 35.4 Å². The Morgan fingerprint density at radius 1 is 1.11 bits per heavy atom. The molecule has 2 N–H and O–H groups in total. The van der Waals surface area contributed by atoms with E-state index in [1.54, 1.807) is 0 Å². The van der Waals surface area contributed by atoms with E-state index in [4.69, 9.17) is 10.5 Å². The largest absolute Gasteiger partial charge is 0.380 e.